The zero-order valence-electron chi connectivity index (χ0n) is 15.3. The van der Waals surface area contributed by atoms with Gasteiger partial charge in [-0.15, -0.1) is 6.58 Å². The van der Waals surface area contributed by atoms with Gasteiger partial charge in [-0.1, -0.05) is 24.3 Å². The minimum Gasteiger partial charge on any atom is -0.497 e. The quantitative estimate of drug-likeness (QED) is 0.396. The highest BCUT2D eigenvalue weighted by molar-refractivity contribution is 6.00. The Hall–Kier alpha value is -3.54. The highest BCUT2D eigenvalue weighted by atomic mass is 16.5. The van der Waals surface area contributed by atoms with Crippen LogP contribution in [-0.2, 0) is 6.54 Å². The lowest BCUT2D eigenvalue weighted by molar-refractivity contribution is 0.0954. The molecule has 27 heavy (non-hydrogen) atoms. The Bertz CT molecular complexity index is 983. The number of rotatable bonds is 7. The number of nitrogens with one attached hydrogen (secondary N) is 1. The third-order valence-electron chi connectivity index (χ3n) is 4.13. The number of carbonyl (C=O) groups is 1. The molecule has 0 aliphatic heterocycles. The molecule has 0 saturated heterocycles. The molecule has 3 rings (SSSR count). The number of benzene rings is 2. The van der Waals surface area contributed by atoms with Crippen molar-refractivity contribution in [3.63, 3.8) is 0 Å². The standard InChI is InChI=1S/C21H21N3O3/c1-4-9-24-14-16(19-7-5-6-8-20(19)24)13-22-23-21(25)15-10-17(26-2)12-18(11-15)27-3/h4-8,10-14H,1,9H2,2-3H3,(H,23,25)/b22-13-. The molecule has 1 amide bonds. The summed E-state index contributed by atoms with van der Waals surface area (Å²) in [7, 11) is 3.07. The van der Waals surface area contributed by atoms with Gasteiger partial charge in [-0.25, -0.2) is 5.43 Å². The van der Waals surface area contributed by atoms with Gasteiger partial charge in [0.2, 0.25) is 0 Å². The van der Waals surface area contributed by atoms with Crippen molar-refractivity contribution in [2.45, 2.75) is 6.54 Å². The molecular formula is C21H21N3O3. The smallest absolute Gasteiger partial charge is 0.271 e. The third kappa shape index (κ3) is 4.00. The maximum absolute atomic E-state index is 12.4. The molecule has 2 aromatic carbocycles. The molecule has 0 atom stereocenters. The van der Waals surface area contributed by atoms with Crippen LogP contribution in [0.15, 0.2) is 66.4 Å². The fourth-order valence-electron chi connectivity index (χ4n) is 2.83. The monoisotopic (exact) mass is 363 g/mol. The summed E-state index contributed by atoms with van der Waals surface area (Å²) >= 11 is 0. The highest BCUT2D eigenvalue weighted by Gasteiger charge is 2.10. The van der Waals surface area contributed by atoms with Crippen LogP contribution in [0.1, 0.15) is 15.9 Å². The van der Waals surface area contributed by atoms with Gasteiger partial charge in [-0.05, 0) is 18.2 Å². The van der Waals surface area contributed by atoms with Crippen LogP contribution in [0.25, 0.3) is 10.9 Å². The molecule has 0 radical (unpaired) electrons. The summed E-state index contributed by atoms with van der Waals surface area (Å²) in [5.41, 5.74) is 4.95. The van der Waals surface area contributed by atoms with Gasteiger partial charge in [0.25, 0.3) is 5.91 Å². The van der Waals surface area contributed by atoms with Gasteiger partial charge >= 0.3 is 0 Å². The number of para-hydroxylation sites is 1. The summed E-state index contributed by atoms with van der Waals surface area (Å²) in [6.07, 6.45) is 5.46. The van der Waals surface area contributed by atoms with Crippen molar-refractivity contribution in [3.05, 3.63) is 72.4 Å². The summed E-state index contributed by atoms with van der Waals surface area (Å²) in [6.45, 7) is 4.49. The molecule has 6 nitrogen and oxygen atoms in total. The van der Waals surface area contributed by atoms with Crippen LogP contribution in [0.5, 0.6) is 11.5 Å². The van der Waals surface area contributed by atoms with E-state index in [-0.39, 0.29) is 5.91 Å². The second-order valence-corrected chi connectivity index (χ2v) is 5.84. The van der Waals surface area contributed by atoms with E-state index in [2.05, 4.69) is 21.7 Å². The van der Waals surface area contributed by atoms with Gasteiger partial charge in [0.05, 0.1) is 20.4 Å². The first kappa shape index (κ1) is 18.3. The van der Waals surface area contributed by atoms with E-state index in [1.54, 1.807) is 24.4 Å². The van der Waals surface area contributed by atoms with E-state index >= 15 is 0 Å². The summed E-state index contributed by atoms with van der Waals surface area (Å²) in [4.78, 5) is 12.4. The molecule has 0 fully saturated rings. The number of ether oxygens (including phenoxy) is 2. The van der Waals surface area contributed by atoms with Gasteiger partial charge in [-0.2, -0.15) is 5.10 Å². The molecule has 1 aromatic heterocycles. The predicted molar refractivity (Wildman–Crippen MR) is 107 cm³/mol. The van der Waals surface area contributed by atoms with Crippen molar-refractivity contribution in [1.29, 1.82) is 0 Å². The van der Waals surface area contributed by atoms with Crippen LogP contribution >= 0.6 is 0 Å². The number of fused-ring (bicyclic) bond motifs is 1. The van der Waals surface area contributed by atoms with Crippen molar-refractivity contribution < 1.29 is 14.3 Å². The van der Waals surface area contributed by atoms with Crippen molar-refractivity contribution >= 4 is 23.0 Å². The van der Waals surface area contributed by atoms with E-state index in [1.807, 2.05) is 36.5 Å². The topological polar surface area (TPSA) is 64.9 Å². The molecule has 0 aliphatic carbocycles. The second-order valence-electron chi connectivity index (χ2n) is 5.84. The van der Waals surface area contributed by atoms with Crippen molar-refractivity contribution in [2.24, 2.45) is 5.10 Å². The average Bonchev–Trinajstić information content (AvgIpc) is 3.05. The minimum absolute atomic E-state index is 0.349. The maximum Gasteiger partial charge on any atom is 0.271 e. The highest BCUT2D eigenvalue weighted by Crippen LogP contribution is 2.22. The molecule has 0 bridgehead atoms. The zero-order valence-corrected chi connectivity index (χ0v) is 15.3. The number of hydrogen-bond acceptors (Lipinski definition) is 4. The molecule has 6 heteroatoms. The summed E-state index contributed by atoms with van der Waals surface area (Å²) in [6, 6.07) is 13.0. The van der Waals surface area contributed by atoms with E-state index in [1.165, 1.54) is 14.2 Å². The number of nitrogens with zero attached hydrogens (tertiary/aromatic N) is 2. The van der Waals surface area contributed by atoms with Gasteiger partial charge < -0.3 is 14.0 Å². The average molecular weight is 363 g/mol. The lowest BCUT2D eigenvalue weighted by Gasteiger charge is -2.07. The summed E-state index contributed by atoms with van der Waals surface area (Å²) in [5, 5.41) is 5.16. The maximum atomic E-state index is 12.4. The number of hydrazone groups is 1. The lowest BCUT2D eigenvalue weighted by Crippen LogP contribution is -2.17. The van der Waals surface area contributed by atoms with E-state index in [4.69, 9.17) is 9.47 Å². The molecule has 0 spiro atoms. The van der Waals surface area contributed by atoms with Crippen molar-refractivity contribution in [1.82, 2.24) is 9.99 Å². The molecular weight excluding hydrogens is 342 g/mol. The first-order valence-electron chi connectivity index (χ1n) is 8.41. The van der Waals surface area contributed by atoms with Crippen LogP contribution < -0.4 is 14.9 Å². The Morgan fingerprint density at radius 1 is 1.19 bits per heavy atom. The Morgan fingerprint density at radius 3 is 2.56 bits per heavy atom. The Kier molecular flexibility index (Phi) is 5.56. The molecule has 3 aromatic rings. The third-order valence-corrected chi connectivity index (χ3v) is 4.13. The molecule has 1 heterocycles. The van der Waals surface area contributed by atoms with Crippen LogP contribution in [-0.4, -0.2) is 30.9 Å². The first-order chi connectivity index (χ1) is 13.2. The first-order valence-corrected chi connectivity index (χ1v) is 8.41. The lowest BCUT2D eigenvalue weighted by atomic mass is 10.2. The van der Waals surface area contributed by atoms with Gasteiger partial charge in [0.15, 0.2) is 0 Å². The molecule has 0 aliphatic rings. The normalized spacial score (nSPS) is 10.9. The zero-order chi connectivity index (χ0) is 19.2. The number of amides is 1. The second kappa shape index (κ2) is 8.23. The van der Waals surface area contributed by atoms with Crippen molar-refractivity contribution in [2.75, 3.05) is 14.2 Å². The Labute approximate surface area is 157 Å². The fraction of sp³-hybridized carbons (Fsp3) is 0.143. The Balaban J connectivity index is 1.81. The number of methoxy groups -OCH3 is 2. The number of aromatic nitrogens is 1. The summed E-state index contributed by atoms with van der Waals surface area (Å²) < 4.78 is 12.5. The van der Waals surface area contributed by atoms with Gasteiger partial charge in [0, 0.05) is 40.8 Å². The predicted octanol–water partition coefficient (Wildman–Crippen LogP) is 3.61. The van der Waals surface area contributed by atoms with Crippen LogP contribution in [0.4, 0.5) is 0 Å². The molecule has 0 saturated carbocycles. The van der Waals surface area contributed by atoms with Gasteiger partial charge in [-0.3, -0.25) is 4.79 Å². The van der Waals surface area contributed by atoms with Crippen molar-refractivity contribution in [3.8, 4) is 11.5 Å². The number of allylic oxidation sites excluding steroid dienone is 1. The van der Waals surface area contributed by atoms with E-state index < -0.39 is 0 Å². The Morgan fingerprint density at radius 2 is 1.89 bits per heavy atom. The van der Waals surface area contributed by atoms with Crippen LogP contribution in [0, 0.1) is 0 Å². The van der Waals surface area contributed by atoms with Crippen LogP contribution in [0.3, 0.4) is 0 Å². The van der Waals surface area contributed by atoms with E-state index in [0.29, 0.717) is 23.6 Å². The molecule has 1 N–H and O–H groups in total. The van der Waals surface area contributed by atoms with Crippen LogP contribution in [0.2, 0.25) is 0 Å². The van der Waals surface area contributed by atoms with E-state index in [9.17, 15) is 4.79 Å². The SMILES string of the molecule is C=CCn1cc(/C=N\NC(=O)c2cc(OC)cc(OC)c2)c2ccccc21. The van der Waals surface area contributed by atoms with E-state index in [0.717, 1.165) is 16.5 Å². The largest absolute Gasteiger partial charge is 0.497 e. The van der Waals surface area contributed by atoms with Gasteiger partial charge in [0.1, 0.15) is 11.5 Å². The number of hydrogen-bond donors (Lipinski definition) is 1. The summed E-state index contributed by atoms with van der Waals surface area (Å²) in [5.74, 6) is 0.727. The minimum atomic E-state index is -0.349. The number of carbonyl (C=O) groups excluding carboxylic acids is 1. The fourth-order valence-corrected chi connectivity index (χ4v) is 2.83. The molecule has 0 unspecified atom stereocenters. The molecule has 138 valence electrons.